The van der Waals surface area contributed by atoms with E-state index in [2.05, 4.69) is 306 Å². The lowest BCUT2D eigenvalue weighted by Crippen LogP contribution is -2.15. The average Bonchev–Trinajstić information content (AvgIpc) is 1.56. The Morgan fingerprint density at radius 2 is 0.456 bits per heavy atom. The van der Waals surface area contributed by atoms with Gasteiger partial charge in [0.05, 0.1) is 38.7 Å². The predicted octanol–water partition coefficient (Wildman–Crippen LogP) is 30.1. The lowest BCUT2D eigenvalue weighted by molar-refractivity contribution is 0.660. The summed E-state index contributed by atoms with van der Waals surface area (Å²) in [5.74, 6) is 7.30. The number of hydrogen-bond acceptors (Lipinski definition) is 14. The summed E-state index contributed by atoms with van der Waals surface area (Å²) in [6, 6.07) is 138. The van der Waals surface area contributed by atoms with Crippen molar-refractivity contribution in [3.63, 3.8) is 0 Å². The fraction of sp³-hybridized carbons (Fsp3) is 0.0923. The number of rotatable bonds is 12. The molecule has 0 N–H and O–H groups in total. The molecule has 147 heavy (non-hydrogen) atoms. The molecule has 0 aliphatic heterocycles. The van der Waals surface area contributed by atoms with E-state index in [0.717, 1.165) is 88.8 Å². The normalized spacial score (nSPS) is 13.7. The van der Waals surface area contributed by atoms with Gasteiger partial charge in [-0.25, -0.2) is 69.8 Å². The smallest absolute Gasteiger partial charge is 0.235 e. The summed E-state index contributed by atoms with van der Waals surface area (Å²) in [4.78, 5) is 69.4. The molecule has 0 atom stereocenters. The van der Waals surface area contributed by atoms with Crippen LogP contribution in [-0.4, -0.2) is 83.5 Å². The maximum Gasteiger partial charge on any atom is 0.235 e. The Bertz CT molecular complexity index is 9190. The first-order valence-corrected chi connectivity index (χ1v) is 49.9. The second-order valence-corrected chi connectivity index (χ2v) is 40.4. The molecule has 25 aromatic rings. The Balaban J connectivity index is 0.000000110. The molecule has 0 spiro atoms. The zero-order valence-electron chi connectivity index (χ0n) is 81.9. The first kappa shape index (κ1) is 87.3. The Morgan fingerprint density at radius 3 is 0.837 bits per heavy atom. The standard InChI is InChI=1S/C49H36N6.C41H29N5.C40H28N6/c1-48(2)37-19-11-8-16-31(37)33-23-22-30(26-39(33)48)45-52-44(29-14-6-5-7-15-29)53-46(54-45)41-24-25-50-47(51-41)55-42-21-13-10-18-34(42)36-27-35-32-17-9-12-20-38(32)49(3,4)40(35)28-43(36)55;1-41(2)33-19-11-9-17-29(33)31-23-32-30-18-10-12-20-35(30)46(36(32)24-34(31)41)37-22-21-28(25-42-37)40-44-38(26-13-5-3-6-14-26)43-39(45-40)27-15-7-4-8-16-27;1-40(2)32-19-11-9-17-28(32)30-21-31-29-18-10-12-20-34(29)46(35(31)22-33(30)40)39-41-23-27(24-42-39)38-44-36(25-13-5-3-6-14-25)43-37(45-38)26-15-7-4-8-16-26/h5-28H,1-4H3;3-25H,1-2H3;3-24H,1-2H3. The van der Waals surface area contributed by atoms with Crippen LogP contribution in [0, 0.1) is 0 Å². The van der Waals surface area contributed by atoms with Crippen molar-refractivity contribution in [2.75, 3.05) is 0 Å². The Kier molecular flexibility index (Phi) is 20.2. The molecule has 698 valence electrons. The lowest BCUT2D eigenvalue weighted by Gasteiger charge is -2.21. The van der Waals surface area contributed by atoms with Gasteiger partial charge in [0.15, 0.2) is 52.4 Å². The minimum Gasteiger partial charge on any atom is -0.294 e. The van der Waals surface area contributed by atoms with Gasteiger partial charge in [-0.05, 0) is 168 Å². The first-order chi connectivity index (χ1) is 71.9. The molecule has 0 saturated carbocycles. The highest BCUT2D eigenvalue weighted by atomic mass is 15.2. The molecule has 0 amide bonds. The van der Waals surface area contributed by atoms with E-state index in [0.29, 0.717) is 70.0 Å². The molecular formula is C130H93N17. The van der Waals surface area contributed by atoms with E-state index in [9.17, 15) is 0 Å². The van der Waals surface area contributed by atoms with Crippen LogP contribution in [-0.2, 0) is 21.7 Å². The van der Waals surface area contributed by atoms with E-state index in [4.69, 9.17) is 69.8 Å². The topological polar surface area (TPSA) is 195 Å². The quantitative estimate of drug-likeness (QED) is 0.112. The minimum absolute atomic E-state index is 0.0930. The second-order valence-electron chi connectivity index (χ2n) is 40.4. The molecule has 17 nitrogen and oxygen atoms in total. The monoisotopic (exact) mass is 1890 g/mol. The van der Waals surface area contributed by atoms with Crippen LogP contribution < -0.4 is 0 Å². The van der Waals surface area contributed by atoms with Gasteiger partial charge in [0.2, 0.25) is 11.9 Å². The molecule has 0 saturated heterocycles. The highest BCUT2D eigenvalue weighted by Gasteiger charge is 2.41. The molecule has 4 aliphatic rings. The van der Waals surface area contributed by atoms with Crippen LogP contribution in [0.25, 0.3) is 230 Å². The molecule has 0 bridgehead atoms. The van der Waals surface area contributed by atoms with Crippen LogP contribution in [0.1, 0.15) is 99.9 Å². The van der Waals surface area contributed by atoms with Crippen molar-refractivity contribution < 1.29 is 0 Å². The van der Waals surface area contributed by atoms with Gasteiger partial charge >= 0.3 is 0 Å². The van der Waals surface area contributed by atoms with Crippen molar-refractivity contribution in [2.45, 2.75) is 77.0 Å². The first-order valence-electron chi connectivity index (χ1n) is 49.9. The summed E-state index contributed by atoms with van der Waals surface area (Å²) < 4.78 is 6.64. The van der Waals surface area contributed by atoms with Crippen LogP contribution in [0.15, 0.2) is 419 Å². The molecule has 0 radical (unpaired) electrons. The average molecular weight is 1890 g/mol. The van der Waals surface area contributed by atoms with Gasteiger partial charge in [-0.3, -0.25) is 13.7 Å². The van der Waals surface area contributed by atoms with Crippen molar-refractivity contribution >= 4 is 65.4 Å². The second kappa shape index (κ2) is 34.0. The number of para-hydroxylation sites is 3. The summed E-state index contributed by atoms with van der Waals surface area (Å²) in [6.45, 7) is 18.5. The van der Waals surface area contributed by atoms with Crippen molar-refractivity contribution in [3.05, 3.63) is 464 Å². The SMILES string of the molecule is CC1(C)c2ccccc2-c2cc3c4ccccc4n(-c4ccc(-c5nc(-c6ccccc6)nc(-c6ccccc6)n5)cn4)c3cc21.CC1(C)c2ccccc2-c2cc3c4ccccc4n(-c4ncc(-c5nc(-c6ccccc6)nc(-c6ccccc6)n5)cn4)c3cc21.CC1(C)c2ccccc2-c2ccc(-c3nc(-c4ccccc4)nc(-c4ccnc(-n5c6ccccc6c6cc7c(cc65)C(C)(C)c5ccccc5-7)n4)n3)cc21. The van der Waals surface area contributed by atoms with Gasteiger partial charge in [-0.2, -0.15) is 0 Å². The van der Waals surface area contributed by atoms with Crippen molar-refractivity contribution in [1.82, 2.24) is 83.5 Å². The van der Waals surface area contributed by atoms with Gasteiger partial charge < -0.3 is 0 Å². The Labute approximate surface area is 848 Å². The predicted molar refractivity (Wildman–Crippen MR) is 591 cm³/mol. The van der Waals surface area contributed by atoms with Gasteiger partial charge in [-0.1, -0.05) is 371 Å². The lowest BCUT2D eigenvalue weighted by atomic mass is 9.82. The fourth-order valence-electron chi connectivity index (χ4n) is 23.0. The number of pyridine rings is 1. The summed E-state index contributed by atoms with van der Waals surface area (Å²) in [5.41, 5.74) is 34.8. The van der Waals surface area contributed by atoms with Crippen LogP contribution in [0.2, 0.25) is 0 Å². The third-order valence-corrected chi connectivity index (χ3v) is 30.4. The molecule has 16 aromatic carbocycles. The number of fused-ring (bicyclic) bond motifs is 21. The molecule has 0 fully saturated rings. The number of hydrogen-bond donors (Lipinski definition) is 0. The van der Waals surface area contributed by atoms with E-state index in [1.54, 1.807) is 0 Å². The van der Waals surface area contributed by atoms with E-state index >= 15 is 0 Å². The Hall–Kier alpha value is -18.7. The molecule has 0 unspecified atom stereocenters. The summed E-state index contributed by atoms with van der Waals surface area (Å²) in [6.07, 6.45) is 7.32. The molecule has 4 aliphatic carbocycles. The van der Waals surface area contributed by atoms with E-state index in [-0.39, 0.29) is 21.7 Å². The third-order valence-electron chi connectivity index (χ3n) is 30.4. The zero-order valence-corrected chi connectivity index (χ0v) is 81.9. The van der Waals surface area contributed by atoms with Gasteiger partial charge in [0.25, 0.3) is 0 Å². The molecule has 9 heterocycles. The molecular weight excluding hydrogens is 1800 g/mol. The number of nitrogens with zero attached hydrogens (tertiary/aromatic N) is 17. The van der Waals surface area contributed by atoms with E-state index < -0.39 is 0 Å². The van der Waals surface area contributed by atoms with Crippen LogP contribution in [0.4, 0.5) is 0 Å². The van der Waals surface area contributed by atoms with E-state index in [1.165, 1.54) is 116 Å². The van der Waals surface area contributed by atoms with Crippen molar-refractivity contribution in [2.24, 2.45) is 0 Å². The van der Waals surface area contributed by atoms with Gasteiger partial charge in [0.1, 0.15) is 11.5 Å². The zero-order chi connectivity index (χ0) is 98.7. The van der Waals surface area contributed by atoms with E-state index in [1.807, 2.05) is 183 Å². The van der Waals surface area contributed by atoms with Crippen LogP contribution in [0.3, 0.4) is 0 Å². The molecule has 29 rings (SSSR count). The largest absolute Gasteiger partial charge is 0.294 e. The van der Waals surface area contributed by atoms with Gasteiger partial charge in [-0.15, -0.1) is 0 Å². The van der Waals surface area contributed by atoms with Crippen molar-refractivity contribution in [1.29, 1.82) is 0 Å². The Morgan fingerprint density at radius 1 is 0.170 bits per heavy atom. The summed E-state index contributed by atoms with van der Waals surface area (Å²) in [5, 5.41) is 7.13. The van der Waals surface area contributed by atoms with Gasteiger partial charge in [0, 0.05) is 118 Å². The molecule has 17 heteroatoms. The maximum atomic E-state index is 5.23. The molecule has 9 aromatic heterocycles. The third kappa shape index (κ3) is 14.3. The van der Waals surface area contributed by atoms with Crippen molar-refractivity contribution in [3.8, 4) is 165 Å². The minimum atomic E-state index is -0.151. The highest BCUT2D eigenvalue weighted by molar-refractivity contribution is 6.14. The number of benzene rings is 16. The number of aromatic nitrogens is 17. The summed E-state index contributed by atoms with van der Waals surface area (Å²) >= 11 is 0. The van der Waals surface area contributed by atoms with Crippen LogP contribution in [0.5, 0.6) is 0 Å². The van der Waals surface area contributed by atoms with Crippen LogP contribution >= 0.6 is 0 Å². The summed E-state index contributed by atoms with van der Waals surface area (Å²) in [7, 11) is 0. The highest BCUT2D eigenvalue weighted by Crippen LogP contribution is 2.56. The fourth-order valence-corrected chi connectivity index (χ4v) is 23.0. The maximum absolute atomic E-state index is 5.23.